The summed E-state index contributed by atoms with van der Waals surface area (Å²) in [6, 6.07) is 0. The van der Waals surface area contributed by atoms with E-state index in [0.29, 0.717) is 6.42 Å². The molecule has 0 aromatic rings. The average Bonchev–Trinajstić information content (AvgIpc) is 1.82. The van der Waals surface area contributed by atoms with Gasteiger partial charge in [-0.15, -0.1) is 0 Å². The SMILES string of the molecule is COC(CC(=N)N)OC. The molecule has 4 nitrogen and oxygen atoms in total. The predicted octanol–water partition coefficient (Wildman–Crippen LogP) is -0.0686. The molecule has 0 aromatic heterocycles. The van der Waals surface area contributed by atoms with Gasteiger partial charge in [0.1, 0.15) is 0 Å². The maximum Gasteiger partial charge on any atom is 0.163 e. The molecule has 0 aliphatic heterocycles. The summed E-state index contributed by atoms with van der Waals surface area (Å²) >= 11 is 0. The summed E-state index contributed by atoms with van der Waals surface area (Å²) in [4.78, 5) is 0. The summed E-state index contributed by atoms with van der Waals surface area (Å²) in [5.74, 6) is 0.0729. The Hall–Kier alpha value is -0.610. The van der Waals surface area contributed by atoms with Gasteiger partial charge in [0.05, 0.1) is 12.3 Å². The van der Waals surface area contributed by atoms with E-state index in [1.165, 1.54) is 14.2 Å². The zero-order chi connectivity index (χ0) is 7.28. The second-order valence-electron chi connectivity index (χ2n) is 1.63. The molecule has 0 spiro atoms. The molecule has 0 heterocycles. The first-order chi connectivity index (χ1) is 4.20. The molecule has 0 aliphatic carbocycles. The smallest absolute Gasteiger partial charge is 0.163 e. The van der Waals surface area contributed by atoms with Crippen LogP contribution in [0, 0.1) is 5.41 Å². The van der Waals surface area contributed by atoms with Gasteiger partial charge in [-0.3, -0.25) is 5.41 Å². The number of methoxy groups -OCH3 is 2. The number of amidine groups is 1. The van der Waals surface area contributed by atoms with Gasteiger partial charge in [0.25, 0.3) is 0 Å². The Bertz CT molecular complexity index is 91.0. The molecule has 0 bridgehead atoms. The molecule has 0 radical (unpaired) electrons. The van der Waals surface area contributed by atoms with Crippen LogP contribution in [-0.2, 0) is 9.47 Å². The third kappa shape index (κ3) is 3.93. The van der Waals surface area contributed by atoms with Crippen molar-refractivity contribution >= 4 is 5.84 Å². The van der Waals surface area contributed by atoms with E-state index in [2.05, 4.69) is 0 Å². The van der Waals surface area contributed by atoms with Gasteiger partial charge in [-0.2, -0.15) is 0 Å². The van der Waals surface area contributed by atoms with Crippen molar-refractivity contribution in [2.45, 2.75) is 12.7 Å². The van der Waals surface area contributed by atoms with Gasteiger partial charge in [-0.25, -0.2) is 0 Å². The van der Waals surface area contributed by atoms with E-state index >= 15 is 0 Å². The van der Waals surface area contributed by atoms with Crippen LogP contribution in [0.1, 0.15) is 6.42 Å². The number of hydrogen-bond acceptors (Lipinski definition) is 3. The van der Waals surface area contributed by atoms with Crippen LogP contribution in [0.15, 0.2) is 0 Å². The highest BCUT2D eigenvalue weighted by Gasteiger charge is 2.04. The molecule has 0 saturated heterocycles. The first-order valence-corrected chi connectivity index (χ1v) is 2.59. The molecule has 9 heavy (non-hydrogen) atoms. The Kier molecular flexibility index (Phi) is 4.00. The lowest BCUT2D eigenvalue weighted by Gasteiger charge is -2.10. The van der Waals surface area contributed by atoms with Crippen molar-refractivity contribution in [3.63, 3.8) is 0 Å². The molecule has 0 rings (SSSR count). The fourth-order valence-corrected chi connectivity index (χ4v) is 0.442. The highest BCUT2D eigenvalue weighted by atomic mass is 16.7. The standard InChI is InChI=1S/C5H12N2O2/c1-8-5(9-2)3-4(6)7/h5H,3H2,1-2H3,(H3,6,7). The van der Waals surface area contributed by atoms with E-state index in [4.69, 9.17) is 20.6 Å². The maximum absolute atomic E-state index is 6.85. The molecule has 0 aliphatic rings. The first-order valence-electron chi connectivity index (χ1n) is 2.59. The quantitative estimate of drug-likeness (QED) is 0.319. The van der Waals surface area contributed by atoms with Crippen LogP contribution in [-0.4, -0.2) is 26.3 Å². The van der Waals surface area contributed by atoms with Crippen molar-refractivity contribution < 1.29 is 9.47 Å². The van der Waals surface area contributed by atoms with E-state index in [0.717, 1.165) is 0 Å². The first kappa shape index (κ1) is 8.39. The maximum atomic E-state index is 6.85. The summed E-state index contributed by atoms with van der Waals surface area (Å²) in [7, 11) is 3.02. The molecule has 4 heteroatoms. The molecule has 0 aromatic carbocycles. The molecule has 0 amide bonds. The van der Waals surface area contributed by atoms with Crippen molar-refractivity contribution in [1.82, 2.24) is 0 Å². The highest BCUT2D eigenvalue weighted by molar-refractivity contribution is 5.77. The van der Waals surface area contributed by atoms with Crippen molar-refractivity contribution in [3.8, 4) is 0 Å². The van der Waals surface area contributed by atoms with Crippen LogP contribution in [0.3, 0.4) is 0 Å². The zero-order valence-electron chi connectivity index (χ0n) is 5.68. The van der Waals surface area contributed by atoms with Gasteiger partial charge in [-0.05, 0) is 0 Å². The van der Waals surface area contributed by atoms with Gasteiger partial charge in [0.2, 0.25) is 0 Å². The average molecular weight is 132 g/mol. The van der Waals surface area contributed by atoms with Gasteiger partial charge in [-0.1, -0.05) is 0 Å². The Morgan fingerprint density at radius 1 is 1.56 bits per heavy atom. The van der Waals surface area contributed by atoms with Gasteiger partial charge in [0, 0.05) is 14.2 Å². The fraction of sp³-hybridized carbons (Fsp3) is 0.800. The fourth-order valence-electron chi connectivity index (χ4n) is 0.442. The molecule has 0 atom stereocenters. The molecule has 0 fully saturated rings. The molecular weight excluding hydrogens is 120 g/mol. The summed E-state index contributed by atoms with van der Waals surface area (Å²) in [5, 5.41) is 6.85. The lowest BCUT2D eigenvalue weighted by Crippen LogP contribution is -2.22. The highest BCUT2D eigenvalue weighted by Crippen LogP contribution is 1.94. The number of rotatable bonds is 4. The Balaban J connectivity index is 3.43. The molecule has 0 unspecified atom stereocenters. The van der Waals surface area contributed by atoms with E-state index in [1.54, 1.807) is 0 Å². The third-order valence-electron chi connectivity index (χ3n) is 0.912. The minimum atomic E-state index is -0.373. The van der Waals surface area contributed by atoms with E-state index in [1.807, 2.05) is 0 Å². The van der Waals surface area contributed by atoms with Crippen molar-refractivity contribution in [2.75, 3.05) is 14.2 Å². The van der Waals surface area contributed by atoms with Crippen LogP contribution in [0.4, 0.5) is 0 Å². The van der Waals surface area contributed by atoms with Crippen LogP contribution < -0.4 is 5.73 Å². The van der Waals surface area contributed by atoms with Crippen LogP contribution >= 0.6 is 0 Å². The number of nitrogens with one attached hydrogen (secondary N) is 1. The number of ether oxygens (including phenoxy) is 2. The lowest BCUT2D eigenvalue weighted by atomic mass is 10.4. The van der Waals surface area contributed by atoms with E-state index < -0.39 is 0 Å². The minimum absolute atomic E-state index is 0.0729. The van der Waals surface area contributed by atoms with Gasteiger partial charge >= 0.3 is 0 Å². The second-order valence-corrected chi connectivity index (χ2v) is 1.63. The molecular formula is C5H12N2O2. The minimum Gasteiger partial charge on any atom is -0.388 e. The number of hydrogen-bond donors (Lipinski definition) is 2. The zero-order valence-corrected chi connectivity index (χ0v) is 5.68. The van der Waals surface area contributed by atoms with Crippen molar-refractivity contribution in [1.29, 1.82) is 5.41 Å². The van der Waals surface area contributed by atoms with Crippen molar-refractivity contribution in [3.05, 3.63) is 0 Å². The predicted molar refractivity (Wildman–Crippen MR) is 34.3 cm³/mol. The normalized spacial score (nSPS) is 10.1. The topological polar surface area (TPSA) is 68.3 Å². The van der Waals surface area contributed by atoms with Crippen LogP contribution in [0.2, 0.25) is 0 Å². The number of nitrogens with two attached hydrogens (primary N) is 1. The van der Waals surface area contributed by atoms with Gasteiger partial charge in [0.15, 0.2) is 6.29 Å². The summed E-state index contributed by atoms with van der Waals surface area (Å²) in [6.07, 6.45) is -0.0463. The second kappa shape index (κ2) is 4.29. The molecule has 54 valence electrons. The van der Waals surface area contributed by atoms with E-state index in [-0.39, 0.29) is 12.1 Å². The Labute approximate surface area is 54.5 Å². The van der Waals surface area contributed by atoms with E-state index in [9.17, 15) is 0 Å². The largest absolute Gasteiger partial charge is 0.388 e. The van der Waals surface area contributed by atoms with Crippen LogP contribution in [0.25, 0.3) is 0 Å². The molecule has 0 saturated carbocycles. The van der Waals surface area contributed by atoms with Crippen molar-refractivity contribution in [2.24, 2.45) is 5.73 Å². The Morgan fingerprint density at radius 2 is 2.00 bits per heavy atom. The summed E-state index contributed by atoms with van der Waals surface area (Å²) in [5.41, 5.74) is 5.07. The van der Waals surface area contributed by atoms with Crippen LogP contribution in [0.5, 0.6) is 0 Å². The summed E-state index contributed by atoms with van der Waals surface area (Å²) < 4.78 is 9.53. The Morgan fingerprint density at radius 3 is 2.11 bits per heavy atom. The monoisotopic (exact) mass is 132 g/mol. The summed E-state index contributed by atoms with van der Waals surface area (Å²) in [6.45, 7) is 0. The third-order valence-corrected chi connectivity index (χ3v) is 0.912. The van der Waals surface area contributed by atoms with Gasteiger partial charge < -0.3 is 15.2 Å². The lowest BCUT2D eigenvalue weighted by molar-refractivity contribution is -0.0960. The molecule has 3 N–H and O–H groups in total.